The van der Waals surface area contributed by atoms with Crippen molar-refractivity contribution in [2.75, 3.05) is 10.5 Å². The molecule has 6 nitrogen and oxygen atoms in total. The molecule has 0 spiro atoms. The van der Waals surface area contributed by atoms with E-state index in [4.69, 9.17) is 5.73 Å². The largest absolute Gasteiger partial charge is 0.398 e. The van der Waals surface area contributed by atoms with E-state index in [1.165, 1.54) is 18.5 Å². The van der Waals surface area contributed by atoms with Crippen molar-refractivity contribution in [2.24, 2.45) is 0 Å². The molecule has 0 amide bonds. The van der Waals surface area contributed by atoms with Crippen molar-refractivity contribution < 1.29 is 8.42 Å². The molecule has 3 aromatic rings. The number of nitrogens with one attached hydrogen (secondary N) is 1. The summed E-state index contributed by atoms with van der Waals surface area (Å²) >= 11 is 0. The molecule has 7 heteroatoms. The van der Waals surface area contributed by atoms with Crippen molar-refractivity contribution in [3.05, 3.63) is 55.1 Å². The molecule has 0 aliphatic rings. The molecule has 0 aliphatic carbocycles. The quantitative estimate of drug-likeness (QED) is 0.771. The highest BCUT2D eigenvalue weighted by Gasteiger charge is 2.18. The Hall–Kier alpha value is -2.67. The maximum Gasteiger partial charge on any atom is 0.265 e. The summed E-state index contributed by atoms with van der Waals surface area (Å²) < 4.78 is 27.4. The van der Waals surface area contributed by atoms with Crippen LogP contribution in [0, 0.1) is 0 Å². The number of pyridine rings is 2. The molecule has 2 aromatic heterocycles. The van der Waals surface area contributed by atoms with Gasteiger partial charge >= 0.3 is 0 Å². The van der Waals surface area contributed by atoms with Gasteiger partial charge < -0.3 is 5.73 Å². The molecule has 0 saturated carbocycles. The van der Waals surface area contributed by atoms with Gasteiger partial charge in [-0.3, -0.25) is 14.7 Å². The van der Waals surface area contributed by atoms with Crippen molar-refractivity contribution in [3.63, 3.8) is 0 Å². The maximum atomic E-state index is 12.4. The second-order valence-corrected chi connectivity index (χ2v) is 6.07. The van der Waals surface area contributed by atoms with Gasteiger partial charge in [-0.2, -0.15) is 0 Å². The number of nitrogens with zero attached hydrogens (tertiary/aromatic N) is 2. The number of hydrogen-bond donors (Lipinski definition) is 2. The van der Waals surface area contributed by atoms with E-state index in [0.717, 1.165) is 10.8 Å². The van der Waals surface area contributed by atoms with Crippen molar-refractivity contribution in [3.8, 4) is 0 Å². The molecule has 0 aliphatic heterocycles. The lowest BCUT2D eigenvalue weighted by atomic mass is 10.1. The summed E-state index contributed by atoms with van der Waals surface area (Å²) in [6.45, 7) is 0. The number of sulfonamides is 1. The zero-order chi connectivity index (χ0) is 14.9. The Kier molecular flexibility index (Phi) is 3.19. The van der Waals surface area contributed by atoms with E-state index in [-0.39, 0.29) is 10.6 Å². The van der Waals surface area contributed by atoms with E-state index >= 15 is 0 Å². The Morgan fingerprint density at radius 1 is 1.00 bits per heavy atom. The molecule has 0 saturated heterocycles. The van der Waals surface area contributed by atoms with Gasteiger partial charge in [0.1, 0.15) is 4.90 Å². The number of rotatable bonds is 3. The molecular weight excluding hydrogens is 288 g/mol. The van der Waals surface area contributed by atoms with Gasteiger partial charge in [0.2, 0.25) is 0 Å². The maximum absolute atomic E-state index is 12.4. The number of benzene rings is 1. The van der Waals surface area contributed by atoms with E-state index < -0.39 is 10.0 Å². The SMILES string of the molecule is Nc1ccncc1S(=O)(=O)Nc1cccc2cnccc12. The topological polar surface area (TPSA) is 98.0 Å². The van der Waals surface area contributed by atoms with E-state index in [1.54, 1.807) is 30.6 Å². The summed E-state index contributed by atoms with van der Waals surface area (Å²) in [5, 5.41) is 1.61. The normalized spacial score (nSPS) is 11.4. The first-order chi connectivity index (χ1) is 10.1. The molecule has 0 radical (unpaired) electrons. The van der Waals surface area contributed by atoms with Crippen LogP contribution in [0.15, 0.2) is 60.0 Å². The van der Waals surface area contributed by atoms with Crippen LogP contribution in [0.4, 0.5) is 11.4 Å². The Balaban J connectivity index is 2.08. The van der Waals surface area contributed by atoms with Crippen molar-refractivity contribution in [2.45, 2.75) is 4.90 Å². The van der Waals surface area contributed by atoms with E-state index in [2.05, 4.69) is 14.7 Å². The third-order valence-corrected chi connectivity index (χ3v) is 4.44. The van der Waals surface area contributed by atoms with Crippen LogP contribution >= 0.6 is 0 Å². The van der Waals surface area contributed by atoms with Gasteiger partial charge in [0.15, 0.2) is 0 Å². The summed E-state index contributed by atoms with van der Waals surface area (Å²) in [7, 11) is -3.79. The second kappa shape index (κ2) is 5.02. The molecule has 21 heavy (non-hydrogen) atoms. The molecule has 3 rings (SSSR count). The van der Waals surface area contributed by atoms with Crippen LogP contribution in [0.5, 0.6) is 0 Å². The van der Waals surface area contributed by atoms with Crippen molar-refractivity contribution >= 4 is 32.2 Å². The minimum absolute atomic E-state index is 0.0453. The Morgan fingerprint density at radius 3 is 2.57 bits per heavy atom. The molecular formula is C14H12N4O2S. The Labute approximate surface area is 121 Å². The molecule has 0 fully saturated rings. The minimum atomic E-state index is -3.79. The molecule has 0 unspecified atom stereocenters. The highest BCUT2D eigenvalue weighted by Crippen LogP contribution is 2.26. The number of nitrogen functional groups attached to an aromatic ring is 1. The monoisotopic (exact) mass is 300 g/mol. The molecule has 1 aromatic carbocycles. The smallest absolute Gasteiger partial charge is 0.265 e. The van der Waals surface area contributed by atoms with Gasteiger partial charge in [-0.1, -0.05) is 12.1 Å². The van der Waals surface area contributed by atoms with Gasteiger partial charge in [-0.25, -0.2) is 8.42 Å². The van der Waals surface area contributed by atoms with Crippen LogP contribution in [-0.2, 0) is 10.0 Å². The first-order valence-corrected chi connectivity index (χ1v) is 7.61. The fourth-order valence-electron chi connectivity index (χ4n) is 2.03. The van der Waals surface area contributed by atoms with Gasteiger partial charge in [0, 0.05) is 35.6 Å². The Morgan fingerprint density at radius 2 is 1.76 bits per heavy atom. The number of anilines is 2. The predicted molar refractivity (Wildman–Crippen MR) is 81.2 cm³/mol. The number of nitrogens with two attached hydrogens (primary N) is 1. The second-order valence-electron chi connectivity index (χ2n) is 4.42. The highest BCUT2D eigenvalue weighted by molar-refractivity contribution is 7.92. The summed E-state index contributed by atoms with van der Waals surface area (Å²) in [4.78, 5) is 7.78. The van der Waals surface area contributed by atoms with Crippen LogP contribution in [0.1, 0.15) is 0 Å². The summed E-state index contributed by atoms with van der Waals surface area (Å²) in [6, 6.07) is 8.50. The molecule has 0 bridgehead atoms. The van der Waals surface area contributed by atoms with E-state index in [9.17, 15) is 8.42 Å². The van der Waals surface area contributed by atoms with Crippen LogP contribution in [-0.4, -0.2) is 18.4 Å². The van der Waals surface area contributed by atoms with E-state index in [1.807, 2.05) is 6.07 Å². The fourth-order valence-corrected chi connectivity index (χ4v) is 3.18. The molecule has 2 heterocycles. The minimum Gasteiger partial charge on any atom is -0.398 e. The van der Waals surface area contributed by atoms with Crippen LogP contribution in [0.3, 0.4) is 0 Å². The van der Waals surface area contributed by atoms with Crippen molar-refractivity contribution in [1.29, 1.82) is 0 Å². The van der Waals surface area contributed by atoms with Gasteiger partial charge in [0.05, 0.1) is 11.4 Å². The first-order valence-electron chi connectivity index (χ1n) is 6.13. The number of aromatic nitrogens is 2. The zero-order valence-corrected chi connectivity index (χ0v) is 11.7. The average Bonchev–Trinajstić information content (AvgIpc) is 2.47. The first kappa shape index (κ1) is 13.3. The fraction of sp³-hybridized carbons (Fsp3) is 0. The predicted octanol–water partition coefficient (Wildman–Crippen LogP) is 2.01. The third-order valence-electron chi connectivity index (χ3n) is 3.03. The standard InChI is InChI=1S/C14H12N4O2S/c15-12-5-7-17-9-14(12)21(19,20)18-13-3-1-2-10-8-16-6-4-11(10)13/h1-9,18H,(H2,15,17). The molecule has 0 atom stereocenters. The Bertz CT molecular complexity index is 904. The number of hydrogen-bond acceptors (Lipinski definition) is 5. The average molecular weight is 300 g/mol. The van der Waals surface area contributed by atoms with Gasteiger partial charge in [-0.05, 0) is 18.2 Å². The number of fused-ring (bicyclic) bond motifs is 1. The van der Waals surface area contributed by atoms with Gasteiger partial charge in [0.25, 0.3) is 10.0 Å². The lowest BCUT2D eigenvalue weighted by Gasteiger charge is -2.11. The molecule has 3 N–H and O–H groups in total. The highest BCUT2D eigenvalue weighted by atomic mass is 32.2. The molecule has 106 valence electrons. The summed E-state index contributed by atoms with van der Waals surface area (Å²) in [5.74, 6) is 0. The summed E-state index contributed by atoms with van der Waals surface area (Å²) in [5.41, 5.74) is 6.33. The van der Waals surface area contributed by atoms with E-state index in [0.29, 0.717) is 5.69 Å². The van der Waals surface area contributed by atoms with Crippen LogP contribution < -0.4 is 10.5 Å². The van der Waals surface area contributed by atoms with Gasteiger partial charge in [-0.15, -0.1) is 0 Å². The van der Waals surface area contributed by atoms with Crippen LogP contribution in [0.25, 0.3) is 10.8 Å². The third kappa shape index (κ3) is 2.50. The lowest BCUT2D eigenvalue weighted by molar-refractivity contribution is 0.601. The van der Waals surface area contributed by atoms with Crippen LogP contribution in [0.2, 0.25) is 0 Å². The zero-order valence-electron chi connectivity index (χ0n) is 10.9. The van der Waals surface area contributed by atoms with Crippen molar-refractivity contribution in [1.82, 2.24) is 9.97 Å². The lowest BCUT2D eigenvalue weighted by Crippen LogP contribution is -2.15. The summed E-state index contributed by atoms with van der Waals surface area (Å²) in [6.07, 6.45) is 5.95.